The van der Waals surface area contributed by atoms with Crippen LogP contribution in [0.25, 0.3) is 11.3 Å². The van der Waals surface area contributed by atoms with Crippen molar-refractivity contribution >= 4 is 15.9 Å². The Bertz CT molecular complexity index is 519. The van der Waals surface area contributed by atoms with E-state index in [4.69, 9.17) is 0 Å². The van der Waals surface area contributed by atoms with E-state index >= 15 is 0 Å². The number of rotatable bonds is 1. The van der Waals surface area contributed by atoms with Gasteiger partial charge in [0.25, 0.3) is 0 Å². The molecule has 2 aromatic rings. The minimum absolute atomic E-state index is 0.910. The fourth-order valence-corrected chi connectivity index (χ4v) is 2.50. The van der Waals surface area contributed by atoms with E-state index in [0.29, 0.717) is 0 Å². The van der Waals surface area contributed by atoms with E-state index in [-0.39, 0.29) is 0 Å². The lowest BCUT2D eigenvalue weighted by Gasteiger charge is -2.13. The maximum Gasteiger partial charge on any atom is 0.0968 e. The number of nitrogens with one attached hydrogen (secondary N) is 2. The first-order valence-corrected chi connectivity index (χ1v) is 6.16. The Kier molecular flexibility index (Phi) is 2.53. The number of halogens is 1. The average molecular weight is 278 g/mol. The summed E-state index contributed by atoms with van der Waals surface area (Å²) in [6.07, 6.45) is 1.04. The summed E-state index contributed by atoms with van der Waals surface area (Å²) in [5.74, 6) is 0. The Labute approximate surface area is 102 Å². The van der Waals surface area contributed by atoms with Crippen LogP contribution >= 0.6 is 15.9 Å². The SMILES string of the molecule is Brc1cccc(-c2n[nH]c3c2CNCC3)c1. The molecule has 3 nitrogen and oxygen atoms in total. The molecule has 0 bridgehead atoms. The van der Waals surface area contributed by atoms with Crippen molar-refractivity contribution in [1.82, 2.24) is 15.5 Å². The van der Waals surface area contributed by atoms with Gasteiger partial charge >= 0.3 is 0 Å². The lowest BCUT2D eigenvalue weighted by Crippen LogP contribution is -2.23. The van der Waals surface area contributed by atoms with Gasteiger partial charge in [0.2, 0.25) is 0 Å². The van der Waals surface area contributed by atoms with Crippen molar-refractivity contribution in [2.45, 2.75) is 13.0 Å². The summed E-state index contributed by atoms with van der Waals surface area (Å²) in [5.41, 5.74) is 4.82. The molecule has 1 aliphatic heterocycles. The third kappa shape index (κ3) is 1.68. The lowest BCUT2D eigenvalue weighted by atomic mass is 10.0. The molecule has 3 rings (SSSR count). The molecule has 0 spiro atoms. The molecule has 16 heavy (non-hydrogen) atoms. The van der Waals surface area contributed by atoms with E-state index in [9.17, 15) is 0 Å². The van der Waals surface area contributed by atoms with Gasteiger partial charge in [-0.15, -0.1) is 0 Å². The van der Waals surface area contributed by atoms with Crippen molar-refractivity contribution in [2.75, 3.05) is 6.54 Å². The number of hydrogen-bond acceptors (Lipinski definition) is 2. The summed E-state index contributed by atoms with van der Waals surface area (Å²) in [6, 6.07) is 8.26. The van der Waals surface area contributed by atoms with Crippen LogP contribution in [0.5, 0.6) is 0 Å². The van der Waals surface area contributed by atoms with Gasteiger partial charge in [-0.25, -0.2) is 0 Å². The highest BCUT2D eigenvalue weighted by Gasteiger charge is 2.17. The number of hydrogen-bond donors (Lipinski definition) is 2. The van der Waals surface area contributed by atoms with Gasteiger partial charge in [-0.3, -0.25) is 5.10 Å². The predicted molar refractivity (Wildman–Crippen MR) is 67.1 cm³/mol. The van der Waals surface area contributed by atoms with Gasteiger partial charge in [-0.2, -0.15) is 5.10 Å². The first-order chi connectivity index (χ1) is 7.84. The normalized spacial score (nSPS) is 14.8. The first kappa shape index (κ1) is 10.1. The molecule has 0 saturated carbocycles. The average Bonchev–Trinajstić information content (AvgIpc) is 2.72. The summed E-state index contributed by atoms with van der Waals surface area (Å²) < 4.78 is 1.09. The molecule has 1 aromatic carbocycles. The van der Waals surface area contributed by atoms with Gasteiger partial charge in [-0.1, -0.05) is 28.1 Å². The van der Waals surface area contributed by atoms with E-state index in [0.717, 1.165) is 35.2 Å². The molecule has 0 unspecified atom stereocenters. The lowest BCUT2D eigenvalue weighted by molar-refractivity contribution is 0.637. The summed E-state index contributed by atoms with van der Waals surface area (Å²) in [6.45, 7) is 1.95. The van der Waals surface area contributed by atoms with Gasteiger partial charge in [0.05, 0.1) is 5.69 Å². The van der Waals surface area contributed by atoms with Gasteiger partial charge in [0.15, 0.2) is 0 Å². The van der Waals surface area contributed by atoms with E-state index in [1.165, 1.54) is 11.3 Å². The van der Waals surface area contributed by atoms with Crippen LogP contribution in [-0.4, -0.2) is 16.7 Å². The fourth-order valence-electron chi connectivity index (χ4n) is 2.10. The van der Waals surface area contributed by atoms with Crippen molar-refractivity contribution in [2.24, 2.45) is 0 Å². The molecule has 4 heteroatoms. The summed E-state index contributed by atoms with van der Waals surface area (Å²) in [7, 11) is 0. The Morgan fingerprint density at radius 2 is 2.25 bits per heavy atom. The molecular weight excluding hydrogens is 266 g/mol. The molecule has 0 fully saturated rings. The highest BCUT2D eigenvalue weighted by atomic mass is 79.9. The molecule has 0 atom stereocenters. The molecule has 0 radical (unpaired) electrons. The Morgan fingerprint density at radius 3 is 3.12 bits per heavy atom. The largest absolute Gasteiger partial charge is 0.312 e. The van der Waals surface area contributed by atoms with Crippen LogP contribution in [0.15, 0.2) is 28.7 Å². The Hall–Kier alpha value is -1.13. The number of aromatic amines is 1. The van der Waals surface area contributed by atoms with E-state index in [1.54, 1.807) is 0 Å². The number of fused-ring (bicyclic) bond motifs is 1. The zero-order valence-electron chi connectivity index (χ0n) is 8.76. The molecule has 82 valence electrons. The predicted octanol–water partition coefficient (Wildman–Crippen LogP) is 2.48. The van der Waals surface area contributed by atoms with E-state index < -0.39 is 0 Å². The zero-order valence-corrected chi connectivity index (χ0v) is 10.3. The van der Waals surface area contributed by atoms with Crippen LogP contribution in [-0.2, 0) is 13.0 Å². The van der Waals surface area contributed by atoms with Crippen molar-refractivity contribution in [3.05, 3.63) is 40.0 Å². The summed E-state index contributed by atoms with van der Waals surface area (Å²) in [5, 5.41) is 10.9. The molecule has 0 aliphatic carbocycles. The Morgan fingerprint density at radius 1 is 1.31 bits per heavy atom. The zero-order chi connectivity index (χ0) is 11.0. The highest BCUT2D eigenvalue weighted by molar-refractivity contribution is 9.10. The third-order valence-corrected chi connectivity index (χ3v) is 3.40. The quantitative estimate of drug-likeness (QED) is 0.841. The van der Waals surface area contributed by atoms with Crippen molar-refractivity contribution in [1.29, 1.82) is 0 Å². The number of benzene rings is 1. The number of nitrogens with zero attached hydrogens (tertiary/aromatic N) is 1. The standard InChI is InChI=1S/C12H12BrN3/c13-9-3-1-2-8(6-9)12-10-7-14-5-4-11(10)15-16-12/h1-3,6,14H,4-5,7H2,(H,15,16). The maximum absolute atomic E-state index is 4.42. The smallest absolute Gasteiger partial charge is 0.0968 e. The Balaban J connectivity index is 2.09. The third-order valence-electron chi connectivity index (χ3n) is 2.90. The molecule has 2 N–H and O–H groups in total. The van der Waals surface area contributed by atoms with Crippen molar-refractivity contribution < 1.29 is 0 Å². The molecule has 0 saturated heterocycles. The minimum Gasteiger partial charge on any atom is -0.312 e. The molecule has 1 aliphatic rings. The second-order valence-corrected chi connectivity index (χ2v) is 4.88. The number of aromatic nitrogens is 2. The van der Waals surface area contributed by atoms with Crippen LogP contribution in [0, 0.1) is 0 Å². The van der Waals surface area contributed by atoms with Crippen LogP contribution in [0.1, 0.15) is 11.3 Å². The topological polar surface area (TPSA) is 40.7 Å². The maximum atomic E-state index is 4.42. The van der Waals surface area contributed by atoms with E-state index in [2.05, 4.69) is 43.6 Å². The first-order valence-electron chi connectivity index (χ1n) is 5.37. The minimum atomic E-state index is 0.910. The van der Waals surface area contributed by atoms with Crippen molar-refractivity contribution in [3.8, 4) is 11.3 Å². The second-order valence-electron chi connectivity index (χ2n) is 3.97. The van der Waals surface area contributed by atoms with Gasteiger partial charge in [0.1, 0.15) is 0 Å². The van der Waals surface area contributed by atoms with Crippen LogP contribution in [0.3, 0.4) is 0 Å². The molecule has 1 aromatic heterocycles. The fraction of sp³-hybridized carbons (Fsp3) is 0.250. The second kappa shape index (κ2) is 4.03. The van der Waals surface area contributed by atoms with Gasteiger partial charge in [-0.05, 0) is 12.1 Å². The molecular formula is C12H12BrN3. The monoisotopic (exact) mass is 277 g/mol. The van der Waals surface area contributed by atoms with Gasteiger partial charge < -0.3 is 5.32 Å². The summed E-state index contributed by atoms with van der Waals surface area (Å²) in [4.78, 5) is 0. The summed E-state index contributed by atoms with van der Waals surface area (Å²) >= 11 is 3.49. The van der Waals surface area contributed by atoms with Crippen LogP contribution in [0.2, 0.25) is 0 Å². The van der Waals surface area contributed by atoms with Crippen LogP contribution < -0.4 is 5.32 Å². The number of H-pyrrole nitrogens is 1. The highest BCUT2D eigenvalue weighted by Crippen LogP contribution is 2.27. The van der Waals surface area contributed by atoms with Crippen LogP contribution in [0.4, 0.5) is 0 Å². The van der Waals surface area contributed by atoms with Gasteiger partial charge in [0, 0.05) is 40.8 Å². The van der Waals surface area contributed by atoms with Crippen molar-refractivity contribution in [3.63, 3.8) is 0 Å². The molecule has 0 amide bonds. The molecule has 2 heterocycles. The van der Waals surface area contributed by atoms with E-state index in [1.807, 2.05) is 12.1 Å².